The number of carbonyl (C=O) groups is 1. The van der Waals surface area contributed by atoms with Gasteiger partial charge in [0.25, 0.3) is 5.91 Å². The smallest absolute Gasteiger partial charge is 0.260 e. The lowest BCUT2D eigenvalue weighted by Crippen LogP contribution is -2.31. The van der Waals surface area contributed by atoms with E-state index in [1.165, 1.54) is 11.8 Å². The second-order valence-corrected chi connectivity index (χ2v) is 7.80. The predicted octanol–water partition coefficient (Wildman–Crippen LogP) is 5.38. The fourth-order valence-electron chi connectivity index (χ4n) is 2.79. The number of nitrogens with zero attached hydrogens (tertiary/aromatic N) is 1. The van der Waals surface area contributed by atoms with Gasteiger partial charge < -0.3 is 15.2 Å². The summed E-state index contributed by atoms with van der Waals surface area (Å²) in [5.74, 6) is -0.128. The van der Waals surface area contributed by atoms with Crippen LogP contribution in [0, 0.1) is 0 Å². The van der Waals surface area contributed by atoms with Gasteiger partial charge in [0.2, 0.25) is 0 Å². The summed E-state index contributed by atoms with van der Waals surface area (Å²) in [6.45, 7) is 0. The largest absolute Gasteiger partial charge is 0.355 e. The Morgan fingerprint density at radius 1 is 1.04 bits per heavy atom. The number of hydrogen-bond acceptors (Lipinski definition) is 3. The lowest BCUT2D eigenvalue weighted by molar-refractivity contribution is -0.116. The zero-order valence-electron chi connectivity index (χ0n) is 14.0. The number of hydrogen-bond donors (Lipinski definition) is 2. The normalized spacial score (nSPS) is 17.9. The number of para-hydroxylation sites is 1. The van der Waals surface area contributed by atoms with Gasteiger partial charge in [0.15, 0.2) is 5.50 Å². The SMILES string of the molecule is O=C1N[C@H](Nc2cccc(Cl)c2Cl)S/C1=C/c1cccn1-c1ccccc1. The summed E-state index contributed by atoms with van der Waals surface area (Å²) in [4.78, 5) is 13.0. The van der Waals surface area contributed by atoms with Crippen LogP contribution in [0.3, 0.4) is 0 Å². The number of benzene rings is 2. The third-order valence-electron chi connectivity index (χ3n) is 4.06. The predicted molar refractivity (Wildman–Crippen MR) is 113 cm³/mol. The Morgan fingerprint density at radius 3 is 2.67 bits per heavy atom. The Kier molecular flexibility index (Phi) is 5.16. The van der Waals surface area contributed by atoms with Gasteiger partial charge in [-0.2, -0.15) is 0 Å². The molecule has 1 amide bonds. The van der Waals surface area contributed by atoms with E-state index in [2.05, 4.69) is 10.6 Å². The van der Waals surface area contributed by atoms with Crippen LogP contribution in [0.1, 0.15) is 5.69 Å². The van der Waals surface area contributed by atoms with Crippen LogP contribution in [0.5, 0.6) is 0 Å². The summed E-state index contributed by atoms with van der Waals surface area (Å²) < 4.78 is 2.04. The van der Waals surface area contributed by atoms with Gasteiger partial charge in [-0.25, -0.2) is 0 Å². The van der Waals surface area contributed by atoms with Crippen molar-refractivity contribution >= 4 is 52.6 Å². The van der Waals surface area contributed by atoms with Crippen molar-refractivity contribution in [2.45, 2.75) is 5.50 Å². The maximum atomic E-state index is 12.4. The topological polar surface area (TPSA) is 46.1 Å². The minimum Gasteiger partial charge on any atom is -0.355 e. The Morgan fingerprint density at radius 2 is 1.85 bits per heavy atom. The third-order valence-corrected chi connectivity index (χ3v) is 5.91. The minimum absolute atomic E-state index is 0.128. The molecular formula is C20H15Cl2N3OS. The molecule has 0 spiro atoms. The van der Waals surface area contributed by atoms with Crippen LogP contribution < -0.4 is 10.6 Å². The average molecular weight is 416 g/mol. The average Bonchev–Trinajstić information content (AvgIpc) is 3.27. The van der Waals surface area contributed by atoms with E-state index in [1.54, 1.807) is 6.07 Å². The number of thioether (sulfide) groups is 1. The van der Waals surface area contributed by atoms with Crippen molar-refractivity contribution < 1.29 is 4.79 Å². The zero-order valence-corrected chi connectivity index (χ0v) is 16.4. The highest BCUT2D eigenvalue weighted by atomic mass is 35.5. The fourth-order valence-corrected chi connectivity index (χ4v) is 4.11. The lowest BCUT2D eigenvalue weighted by atomic mass is 10.3. The van der Waals surface area contributed by atoms with Crippen molar-refractivity contribution in [3.63, 3.8) is 0 Å². The van der Waals surface area contributed by atoms with E-state index in [-0.39, 0.29) is 11.4 Å². The lowest BCUT2D eigenvalue weighted by Gasteiger charge is -2.14. The highest BCUT2D eigenvalue weighted by Crippen LogP contribution is 2.34. The van der Waals surface area contributed by atoms with E-state index in [9.17, 15) is 4.79 Å². The van der Waals surface area contributed by atoms with Crippen LogP contribution in [0.2, 0.25) is 10.0 Å². The third kappa shape index (κ3) is 3.86. The first-order chi connectivity index (χ1) is 13.1. The number of anilines is 1. The molecule has 0 unspecified atom stereocenters. The van der Waals surface area contributed by atoms with Gasteiger partial charge in [-0.1, -0.05) is 59.2 Å². The van der Waals surface area contributed by atoms with Gasteiger partial charge >= 0.3 is 0 Å². The number of carbonyl (C=O) groups excluding carboxylic acids is 1. The molecule has 1 aromatic heterocycles. The van der Waals surface area contributed by atoms with Crippen LogP contribution >= 0.6 is 35.0 Å². The molecule has 136 valence electrons. The molecule has 1 fully saturated rings. The summed E-state index contributed by atoms with van der Waals surface area (Å²) in [6.07, 6.45) is 3.86. The molecule has 4 nitrogen and oxygen atoms in total. The van der Waals surface area contributed by atoms with Crippen LogP contribution in [0.4, 0.5) is 5.69 Å². The fraction of sp³-hybridized carbons (Fsp3) is 0.0500. The zero-order chi connectivity index (χ0) is 18.8. The van der Waals surface area contributed by atoms with Crippen molar-refractivity contribution in [3.05, 3.63) is 87.5 Å². The first-order valence-corrected chi connectivity index (χ1v) is 9.88. The number of aromatic nitrogens is 1. The van der Waals surface area contributed by atoms with Crippen molar-refractivity contribution in [2.24, 2.45) is 0 Å². The van der Waals surface area contributed by atoms with E-state index >= 15 is 0 Å². The molecule has 4 rings (SSSR count). The van der Waals surface area contributed by atoms with Crippen molar-refractivity contribution in [1.82, 2.24) is 9.88 Å². The van der Waals surface area contributed by atoms with E-state index < -0.39 is 0 Å². The molecule has 2 heterocycles. The second-order valence-electron chi connectivity index (χ2n) is 5.86. The molecule has 2 aromatic carbocycles. The summed E-state index contributed by atoms with van der Waals surface area (Å²) in [6, 6.07) is 19.3. The number of halogens is 2. The number of rotatable bonds is 4. The maximum absolute atomic E-state index is 12.4. The van der Waals surface area contributed by atoms with Crippen molar-refractivity contribution in [1.29, 1.82) is 0 Å². The molecule has 27 heavy (non-hydrogen) atoms. The summed E-state index contributed by atoms with van der Waals surface area (Å²) in [7, 11) is 0. The van der Waals surface area contributed by atoms with Gasteiger partial charge in [-0.3, -0.25) is 4.79 Å². The summed E-state index contributed by atoms with van der Waals surface area (Å²) in [5, 5.41) is 7.01. The summed E-state index contributed by atoms with van der Waals surface area (Å²) >= 11 is 13.7. The molecule has 3 aromatic rings. The Labute approximate surface area is 171 Å². The van der Waals surface area contributed by atoms with E-state index in [0.717, 1.165) is 11.4 Å². The van der Waals surface area contributed by atoms with Crippen LogP contribution in [-0.4, -0.2) is 16.0 Å². The molecule has 0 radical (unpaired) electrons. The molecule has 0 saturated carbocycles. The molecule has 1 aliphatic rings. The van der Waals surface area contributed by atoms with Gasteiger partial charge in [0, 0.05) is 17.6 Å². The minimum atomic E-state index is -0.320. The second kappa shape index (κ2) is 7.72. The summed E-state index contributed by atoms with van der Waals surface area (Å²) in [5.41, 5.74) is 2.33. The van der Waals surface area contributed by atoms with Crippen molar-refractivity contribution in [2.75, 3.05) is 5.32 Å². The van der Waals surface area contributed by atoms with Crippen molar-refractivity contribution in [3.8, 4) is 5.69 Å². The first kappa shape index (κ1) is 18.0. The maximum Gasteiger partial charge on any atom is 0.260 e. The highest BCUT2D eigenvalue weighted by Gasteiger charge is 2.28. The van der Waals surface area contributed by atoms with Crippen LogP contribution in [0.25, 0.3) is 11.8 Å². The first-order valence-electron chi connectivity index (χ1n) is 8.24. The quantitative estimate of drug-likeness (QED) is 0.561. The van der Waals surface area contributed by atoms with Gasteiger partial charge in [0.1, 0.15) is 0 Å². The Bertz CT molecular complexity index is 1020. The monoisotopic (exact) mass is 415 g/mol. The van der Waals surface area contributed by atoms with Gasteiger partial charge in [-0.15, -0.1) is 0 Å². The molecule has 0 aliphatic carbocycles. The van der Waals surface area contributed by atoms with Crippen LogP contribution in [-0.2, 0) is 4.79 Å². The molecule has 1 atom stereocenters. The Hall–Kier alpha value is -2.34. The van der Waals surface area contributed by atoms with Gasteiger partial charge in [-0.05, 0) is 42.5 Å². The standard InChI is InChI=1S/C20H15Cl2N3OS/c21-15-9-4-10-16(18(15)22)23-20-24-19(26)17(27-20)12-14-8-5-11-25(14)13-6-2-1-3-7-13/h1-12,20,23H,(H,24,26)/b17-12+/t20-/m0/s1. The highest BCUT2D eigenvalue weighted by molar-refractivity contribution is 8.05. The molecule has 7 heteroatoms. The van der Waals surface area contributed by atoms with E-state index in [0.29, 0.717) is 20.6 Å². The van der Waals surface area contributed by atoms with Gasteiger partial charge in [0.05, 0.1) is 20.6 Å². The molecular weight excluding hydrogens is 401 g/mol. The van der Waals surface area contributed by atoms with E-state index in [1.807, 2.05) is 71.4 Å². The van der Waals surface area contributed by atoms with E-state index in [4.69, 9.17) is 23.2 Å². The number of amides is 1. The van der Waals surface area contributed by atoms with Crippen LogP contribution in [0.15, 0.2) is 71.8 Å². The number of nitrogens with one attached hydrogen (secondary N) is 2. The Balaban J connectivity index is 1.55. The molecule has 0 bridgehead atoms. The molecule has 1 aliphatic heterocycles. The molecule has 2 N–H and O–H groups in total. The molecule has 1 saturated heterocycles.